The van der Waals surface area contributed by atoms with E-state index in [1.165, 1.54) is 5.56 Å². The Bertz CT molecular complexity index is 490. The molecule has 0 radical (unpaired) electrons. The van der Waals surface area contributed by atoms with Gasteiger partial charge in [-0.15, -0.1) is 0 Å². The Morgan fingerprint density at radius 3 is 1.46 bits per heavy atom. The average molecular weight is 362 g/mol. The standard InChI is InChI=1S/C23H39NO2/c1-5-14-22(25,15-6-2)20-21(23(26,16-7-3)17-8-4)24(20)18-19-12-10-9-11-13-19/h9-13,20-21,25-26H,5-8,14-18H2,1-4H3/t20-,21-/m0/s1. The number of rotatable bonds is 12. The van der Waals surface area contributed by atoms with Gasteiger partial charge >= 0.3 is 0 Å². The van der Waals surface area contributed by atoms with Crippen LogP contribution in [0, 0.1) is 0 Å². The molecule has 2 N–H and O–H groups in total. The summed E-state index contributed by atoms with van der Waals surface area (Å²) in [5, 5.41) is 23.0. The first kappa shape index (κ1) is 21.4. The van der Waals surface area contributed by atoms with Crippen LogP contribution in [-0.2, 0) is 6.54 Å². The van der Waals surface area contributed by atoms with Crippen LogP contribution in [0.2, 0.25) is 0 Å². The molecule has 0 amide bonds. The highest BCUT2D eigenvalue weighted by atomic mass is 16.3. The second-order valence-corrected chi connectivity index (χ2v) is 8.25. The number of benzene rings is 1. The average Bonchev–Trinajstić information content (AvgIpc) is 3.32. The first-order chi connectivity index (χ1) is 12.5. The summed E-state index contributed by atoms with van der Waals surface area (Å²) in [5.41, 5.74) is -0.137. The second-order valence-electron chi connectivity index (χ2n) is 8.25. The van der Waals surface area contributed by atoms with Crippen molar-refractivity contribution in [1.82, 2.24) is 4.90 Å². The summed E-state index contributed by atoms with van der Waals surface area (Å²) in [4.78, 5) is 2.37. The van der Waals surface area contributed by atoms with Gasteiger partial charge in [-0.2, -0.15) is 0 Å². The van der Waals surface area contributed by atoms with Crippen molar-refractivity contribution in [3.8, 4) is 0 Å². The first-order valence-electron chi connectivity index (χ1n) is 10.7. The molecule has 1 fully saturated rings. The van der Waals surface area contributed by atoms with Crippen molar-refractivity contribution >= 4 is 0 Å². The topological polar surface area (TPSA) is 43.5 Å². The molecule has 1 aliphatic heterocycles. The third-order valence-electron chi connectivity index (χ3n) is 5.96. The Balaban J connectivity index is 2.30. The Kier molecular flexibility index (Phi) is 7.69. The molecule has 0 bridgehead atoms. The molecular weight excluding hydrogens is 322 g/mol. The highest BCUT2D eigenvalue weighted by Gasteiger charge is 2.64. The van der Waals surface area contributed by atoms with Crippen LogP contribution < -0.4 is 0 Å². The summed E-state index contributed by atoms with van der Waals surface area (Å²) in [6, 6.07) is 10.6. The molecule has 0 aliphatic carbocycles. The molecule has 26 heavy (non-hydrogen) atoms. The van der Waals surface area contributed by atoms with Gasteiger partial charge in [-0.05, 0) is 31.2 Å². The molecule has 3 heteroatoms. The van der Waals surface area contributed by atoms with Gasteiger partial charge in [-0.3, -0.25) is 4.90 Å². The van der Waals surface area contributed by atoms with Crippen LogP contribution >= 0.6 is 0 Å². The SMILES string of the molecule is CCCC(O)(CCC)[C@@H]1[C@@H](C(O)(CCC)CCC)N1Cc1ccccc1. The summed E-state index contributed by atoms with van der Waals surface area (Å²) < 4.78 is 0. The fraction of sp³-hybridized carbons (Fsp3) is 0.739. The van der Waals surface area contributed by atoms with E-state index in [4.69, 9.17) is 0 Å². The smallest absolute Gasteiger partial charge is 0.0818 e. The Morgan fingerprint density at radius 1 is 0.731 bits per heavy atom. The number of nitrogens with zero attached hydrogens (tertiary/aromatic N) is 1. The minimum atomic E-state index is -0.696. The Hall–Kier alpha value is -0.900. The summed E-state index contributed by atoms with van der Waals surface area (Å²) >= 11 is 0. The van der Waals surface area contributed by atoms with Crippen molar-refractivity contribution in [1.29, 1.82) is 0 Å². The lowest BCUT2D eigenvalue weighted by molar-refractivity contribution is -0.0130. The van der Waals surface area contributed by atoms with Crippen molar-refractivity contribution in [3.05, 3.63) is 35.9 Å². The minimum Gasteiger partial charge on any atom is -0.388 e. The third kappa shape index (κ3) is 4.68. The van der Waals surface area contributed by atoms with Crippen LogP contribution in [0.4, 0.5) is 0 Å². The lowest BCUT2D eigenvalue weighted by atomic mass is 9.80. The van der Waals surface area contributed by atoms with Crippen LogP contribution in [0.25, 0.3) is 0 Å². The predicted octanol–water partition coefficient (Wildman–Crippen LogP) is 4.90. The highest BCUT2D eigenvalue weighted by molar-refractivity contribution is 5.23. The first-order valence-corrected chi connectivity index (χ1v) is 10.7. The minimum absolute atomic E-state index is 0.0608. The van der Waals surface area contributed by atoms with Gasteiger partial charge in [0, 0.05) is 6.54 Å². The lowest BCUT2D eigenvalue weighted by Gasteiger charge is -2.31. The number of hydrogen-bond donors (Lipinski definition) is 2. The predicted molar refractivity (Wildman–Crippen MR) is 109 cm³/mol. The maximum absolute atomic E-state index is 11.5. The van der Waals surface area contributed by atoms with Crippen molar-refractivity contribution in [3.63, 3.8) is 0 Å². The quantitative estimate of drug-likeness (QED) is 0.520. The van der Waals surface area contributed by atoms with E-state index in [1.807, 2.05) is 6.07 Å². The molecule has 3 nitrogen and oxygen atoms in total. The van der Waals surface area contributed by atoms with E-state index in [1.54, 1.807) is 0 Å². The van der Waals surface area contributed by atoms with Crippen LogP contribution in [-0.4, -0.2) is 38.4 Å². The molecule has 1 heterocycles. The van der Waals surface area contributed by atoms with Crippen molar-refractivity contribution in [2.75, 3.05) is 0 Å². The zero-order chi connectivity index (χ0) is 19.2. The molecular formula is C23H39NO2. The number of aliphatic hydroxyl groups is 2. The molecule has 148 valence electrons. The molecule has 1 aromatic rings. The van der Waals surface area contributed by atoms with Gasteiger partial charge in [0.15, 0.2) is 0 Å². The molecule has 0 saturated carbocycles. The lowest BCUT2D eigenvalue weighted by Crippen LogP contribution is -2.43. The molecule has 0 aromatic heterocycles. The maximum atomic E-state index is 11.5. The molecule has 2 rings (SSSR count). The summed E-state index contributed by atoms with van der Waals surface area (Å²) in [7, 11) is 0. The van der Waals surface area contributed by atoms with Crippen LogP contribution in [0.3, 0.4) is 0 Å². The second kappa shape index (κ2) is 9.34. The van der Waals surface area contributed by atoms with Crippen molar-refractivity contribution in [2.24, 2.45) is 0 Å². The Morgan fingerprint density at radius 2 is 1.12 bits per heavy atom. The normalized spacial score (nSPS) is 23.2. The van der Waals surface area contributed by atoms with Gasteiger partial charge in [-0.1, -0.05) is 83.7 Å². The van der Waals surface area contributed by atoms with E-state index in [-0.39, 0.29) is 12.1 Å². The molecule has 0 spiro atoms. The summed E-state index contributed by atoms with van der Waals surface area (Å²) in [6.07, 6.45) is 7.11. The van der Waals surface area contributed by atoms with E-state index in [9.17, 15) is 10.2 Å². The molecule has 0 unspecified atom stereocenters. The monoisotopic (exact) mass is 361 g/mol. The van der Waals surface area contributed by atoms with Gasteiger partial charge in [0.25, 0.3) is 0 Å². The maximum Gasteiger partial charge on any atom is 0.0818 e. The molecule has 1 aromatic carbocycles. The van der Waals surface area contributed by atoms with Crippen molar-refractivity contribution in [2.45, 2.75) is 109 Å². The fourth-order valence-corrected chi connectivity index (χ4v) is 5.05. The van der Waals surface area contributed by atoms with Crippen molar-refractivity contribution < 1.29 is 10.2 Å². The van der Waals surface area contributed by atoms with Crippen LogP contribution in [0.15, 0.2) is 30.3 Å². The zero-order valence-corrected chi connectivity index (χ0v) is 17.2. The summed E-state index contributed by atoms with van der Waals surface area (Å²) in [6.45, 7) is 9.38. The fourth-order valence-electron chi connectivity index (χ4n) is 5.05. The van der Waals surface area contributed by atoms with Gasteiger partial charge in [0.05, 0.1) is 23.3 Å². The van der Waals surface area contributed by atoms with E-state index in [0.29, 0.717) is 0 Å². The zero-order valence-electron chi connectivity index (χ0n) is 17.2. The van der Waals surface area contributed by atoms with Crippen LogP contribution in [0.5, 0.6) is 0 Å². The van der Waals surface area contributed by atoms with Gasteiger partial charge in [0.2, 0.25) is 0 Å². The Labute approximate surface area is 160 Å². The molecule has 1 aliphatic rings. The van der Waals surface area contributed by atoms with E-state index < -0.39 is 11.2 Å². The molecule has 1 saturated heterocycles. The van der Waals surface area contributed by atoms with E-state index in [2.05, 4.69) is 56.9 Å². The third-order valence-corrected chi connectivity index (χ3v) is 5.96. The van der Waals surface area contributed by atoms with Gasteiger partial charge in [-0.25, -0.2) is 0 Å². The molecule has 2 atom stereocenters. The largest absolute Gasteiger partial charge is 0.388 e. The van der Waals surface area contributed by atoms with Crippen LogP contribution in [0.1, 0.15) is 84.6 Å². The van der Waals surface area contributed by atoms with E-state index >= 15 is 0 Å². The number of hydrogen-bond acceptors (Lipinski definition) is 3. The van der Waals surface area contributed by atoms with Gasteiger partial charge in [0.1, 0.15) is 0 Å². The summed E-state index contributed by atoms with van der Waals surface area (Å²) in [5.74, 6) is 0. The highest BCUT2D eigenvalue weighted by Crippen LogP contribution is 2.50. The van der Waals surface area contributed by atoms with Gasteiger partial charge < -0.3 is 10.2 Å². The van der Waals surface area contributed by atoms with E-state index in [0.717, 1.165) is 57.9 Å².